The highest BCUT2D eigenvalue weighted by Crippen LogP contribution is 2.05. The lowest BCUT2D eigenvalue weighted by molar-refractivity contribution is -0.132. The standard InChI is InChI=1S/C23H44N6O9.C8H20N2/c1-17(2)20(22(33)28-18(21(24)32)4-3-6-27-23(25)34)29-19(31)5-8-35-10-12-37-14-15-38-13-11-36-9-7-26-16-30;1-8(9)6-4-5-7-10(2)3/h16-18,20H,3-15H2,1-2H3,(H2,24,32)(H,26,30)(H,28,33)(H,29,31)(H3,25,27,34);8H,4-7,9H2,1-3H3. The quantitative estimate of drug-likeness (QED) is 0.0348. The van der Waals surface area contributed by atoms with Gasteiger partial charge >= 0.3 is 6.03 Å². The molecule has 0 aromatic heterocycles. The first-order valence-electron chi connectivity index (χ1n) is 16.6. The maximum atomic E-state index is 12.7. The number of ether oxygens (including phenoxy) is 4. The number of hydrogen-bond acceptors (Lipinski definition) is 11. The van der Waals surface area contributed by atoms with Crippen molar-refractivity contribution in [3.63, 3.8) is 0 Å². The predicted molar refractivity (Wildman–Crippen MR) is 183 cm³/mol. The lowest BCUT2D eigenvalue weighted by Gasteiger charge is -2.24. The van der Waals surface area contributed by atoms with Crippen molar-refractivity contribution in [3.05, 3.63) is 0 Å². The van der Waals surface area contributed by atoms with Gasteiger partial charge in [0, 0.05) is 25.6 Å². The van der Waals surface area contributed by atoms with Crippen molar-refractivity contribution >= 4 is 30.2 Å². The number of carbonyl (C=O) groups excluding carboxylic acids is 5. The van der Waals surface area contributed by atoms with E-state index in [4.69, 9.17) is 36.1 Å². The van der Waals surface area contributed by atoms with E-state index in [2.05, 4.69) is 47.2 Å². The molecule has 3 unspecified atom stereocenters. The number of carbonyl (C=O) groups is 5. The van der Waals surface area contributed by atoms with E-state index in [1.54, 1.807) is 13.8 Å². The normalized spacial score (nSPS) is 12.8. The van der Waals surface area contributed by atoms with Crippen LogP contribution in [0.3, 0.4) is 0 Å². The Balaban J connectivity index is 0. The van der Waals surface area contributed by atoms with E-state index in [1.807, 2.05) is 0 Å². The van der Waals surface area contributed by atoms with Gasteiger partial charge in [-0.05, 0) is 59.2 Å². The second-order valence-corrected chi connectivity index (χ2v) is 11.7. The minimum atomic E-state index is -0.950. The average Bonchev–Trinajstić information content (AvgIpc) is 3.01. The van der Waals surface area contributed by atoms with Crippen LogP contribution in [-0.4, -0.2) is 140 Å². The summed E-state index contributed by atoms with van der Waals surface area (Å²) in [7, 11) is 4.21. The summed E-state index contributed by atoms with van der Waals surface area (Å²) in [6, 6.07) is -2.12. The van der Waals surface area contributed by atoms with Crippen LogP contribution in [0.15, 0.2) is 0 Å². The molecule has 0 radical (unpaired) electrons. The SMILES string of the molecule is CC(C)C(NC(=O)CCOCCOCCOCCOCCNC=O)C(=O)NC(CCCNC(N)=O)C(N)=O.CC(N)CCCCN(C)C. The summed E-state index contributed by atoms with van der Waals surface area (Å²) in [4.78, 5) is 59.7. The molecule has 0 bridgehead atoms. The molecule has 17 nitrogen and oxygen atoms in total. The minimum Gasteiger partial charge on any atom is -0.379 e. The smallest absolute Gasteiger partial charge is 0.312 e. The molecule has 0 aliphatic heterocycles. The zero-order valence-corrected chi connectivity index (χ0v) is 29.8. The number of unbranched alkanes of at least 4 members (excludes halogenated alkanes) is 1. The Hall–Kier alpha value is -3.09. The van der Waals surface area contributed by atoms with Crippen LogP contribution in [0.5, 0.6) is 0 Å². The lowest BCUT2D eigenvalue weighted by Crippen LogP contribution is -2.54. The second-order valence-electron chi connectivity index (χ2n) is 11.7. The molecule has 0 aromatic carbocycles. The first-order chi connectivity index (χ1) is 22.8. The maximum absolute atomic E-state index is 12.7. The van der Waals surface area contributed by atoms with Crippen LogP contribution in [0.2, 0.25) is 0 Å². The van der Waals surface area contributed by atoms with Crippen LogP contribution in [-0.2, 0) is 38.1 Å². The van der Waals surface area contributed by atoms with E-state index in [-0.39, 0.29) is 37.8 Å². The first-order valence-corrected chi connectivity index (χ1v) is 16.6. The molecule has 282 valence electrons. The summed E-state index contributed by atoms with van der Waals surface area (Å²) >= 11 is 0. The van der Waals surface area contributed by atoms with Crippen molar-refractivity contribution in [2.24, 2.45) is 23.1 Å². The van der Waals surface area contributed by atoms with Gasteiger partial charge in [-0.25, -0.2) is 4.79 Å². The second kappa shape index (κ2) is 32.5. The summed E-state index contributed by atoms with van der Waals surface area (Å²) in [6.45, 7) is 10.3. The average molecular weight is 693 g/mol. The van der Waals surface area contributed by atoms with Gasteiger partial charge in [0.25, 0.3) is 0 Å². The van der Waals surface area contributed by atoms with Crippen molar-refractivity contribution in [2.75, 3.05) is 86.6 Å². The highest BCUT2D eigenvalue weighted by molar-refractivity contribution is 5.91. The fourth-order valence-electron chi connectivity index (χ4n) is 3.86. The number of nitrogens with one attached hydrogen (secondary N) is 4. The van der Waals surface area contributed by atoms with Gasteiger partial charge < -0.3 is 62.3 Å². The molecule has 0 spiro atoms. The Morgan fingerprint density at radius 2 is 1.31 bits per heavy atom. The number of rotatable bonds is 30. The number of amides is 6. The van der Waals surface area contributed by atoms with Crippen molar-refractivity contribution in [3.8, 4) is 0 Å². The third-order valence-electron chi connectivity index (χ3n) is 6.47. The Morgan fingerprint density at radius 3 is 1.79 bits per heavy atom. The van der Waals surface area contributed by atoms with Gasteiger partial charge in [0.2, 0.25) is 24.1 Å². The highest BCUT2D eigenvalue weighted by atomic mass is 16.6. The van der Waals surface area contributed by atoms with Gasteiger partial charge in [0.15, 0.2) is 0 Å². The molecule has 0 rings (SSSR count). The Morgan fingerprint density at radius 1 is 0.750 bits per heavy atom. The van der Waals surface area contributed by atoms with E-state index in [0.29, 0.717) is 71.7 Å². The molecular weight excluding hydrogens is 628 g/mol. The van der Waals surface area contributed by atoms with Crippen LogP contribution >= 0.6 is 0 Å². The Bertz CT molecular complexity index is 841. The summed E-state index contributed by atoms with van der Waals surface area (Å²) < 4.78 is 21.3. The molecule has 0 fully saturated rings. The van der Waals surface area contributed by atoms with Gasteiger partial charge in [0.1, 0.15) is 12.1 Å². The maximum Gasteiger partial charge on any atom is 0.312 e. The number of primary amides is 2. The van der Waals surface area contributed by atoms with E-state index >= 15 is 0 Å². The fraction of sp³-hybridized carbons (Fsp3) is 0.839. The van der Waals surface area contributed by atoms with E-state index in [0.717, 1.165) is 6.42 Å². The third-order valence-corrected chi connectivity index (χ3v) is 6.47. The minimum absolute atomic E-state index is 0.0417. The summed E-state index contributed by atoms with van der Waals surface area (Å²) in [6.07, 6.45) is 4.93. The third kappa shape index (κ3) is 32.8. The first kappa shape index (κ1) is 47.0. The van der Waals surface area contributed by atoms with E-state index in [1.165, 1.54) is 19.4 Å². The van der Waals surface area contributed by atoms with Crippen molar-refractivity contribution in [1.29, 1.82) is 0 Å². The molecule has 0 saturated heterocycles. The van der Waals surface area contributed by atoms with Crippen molar-refractivity contribution in [1.82, 2.24) is 26.2 Å². The predicted octanol–water partition coefficient (Wildman–Crippen LogP) is -1.19. The summed E-state index contributed by atoms with van der Waals surface area (Å²) in [5.74, 6) is -1.87. The number of hydrogen-bond donors (Lipinski definition) is 7. The van der Waals surface area contributed by atoms with Crippen molar-refractivity contribution < 1.29 is 42.9 Å². The van der Waals surface area contributed by atoms with Gasteiger partial charge in [0.05, 0.1) is 52.9 Å². The molecule has 0 saturated carbocycles. The summed E-state index contributed by atoms with van der Waals surface area (Å²) in [5, 5.41) is 10.1. The molecule has 10 N–H and O–H groups in total. The Labute approximate surface area is 286 Å². The lowest BCUT2D eigenvalue weighted by atomic mass is 10.0. The zero-order valence-electron chi connectivity index (χ0n) is 29.8. The zero-order chi connectivity index (χ0) is 36.6. The van der Waals surface area contributed by atoms with Crippen LogP contribution < -0.4 is 38.5 Å². The van der Waals surface area contributed by atoms with Crippen LogP contribution in [0.25, 0.3) is 0 Å². The number of nitrogens with zero attached hydrogens (tertiary/aromatic N) is 1. The number of nitrogens with two attached hydrogens (primary N) is 3. The monoisotopic (exact) mass is 692 g/mol. The Kier molecular flexibility index (Phi) is 31.8. The summed E-state index contributed by atoms with van der Waals surface area (Å²) in [5.41, 5.74) is 16.0. The molecule has 6 amide bonds. The van der Waals surface area contributed by atoms with Gasteiger partial charge in [-0.15, -0.1) is 0 Å². The van der Waals surface area contributed by atoms with Crippen LogP contribution in [0.4, 0.5) is 4.79 Å². The van der Waals surface area contributed by atoms with Crippen LogP contribution in [0.1, 0.15) is 59.3 Å². The number of urea groups is 1. The topological polar surface area (TPSA) is 252 Å². The highest BCUT2D eigenvalue weighted by Gasteiger charge is 2.27. The molecule has 0 aromatic rings. The molecule has 3 atom stereocenters. The molecule has 48 heavy (non-hydrogen) atoms. The molecule has 0 heterocycles. The molecule has 17 heteroatoms. The van der Waals surface area contributed by atoms with E-state index < -0.39 is 29.9 Å². The van der Waals surface area contributed by atoms with E-state index in [9.17, 15) is 24.0 Å². The van der Waals surface area contributed by atoms with Gasteiger partial charge in [-0.1, -0.05) is 20.3 Å². The van der Waals surface area contributed by atoms with Gasteiger partial charge in [-0.2, -0.15) is 0 Å². The van der Waals surface area contributed by atoms with Crippen LogP contribution in [0, 0.1) is 5.92 Å². The molecule has 0 aliphatic rings. The van der Waals surface area contributed by atoms with Gasteiger partial charge in [-0.3, -0.25) is 19.2 Å². The molecular formula is C31H64N8O9. The molecule has 0 aliphatic carbocycles. The van der Waals surface area contributed by atoms with Crippen molar-refractivity contribution in [2.45, 2.75) is 77.4 Å². The fourth-order valence-corrected chi connectivity index (χ4v) is 3.86. The largest absolute Gasteiger partial charge is 0.379 e.